The number of hydrogen-bond donors (Lipinski definition) is 1. The van der Waals surface area contributed by atoms with Crippen LogP contribution in [0.3, 0.4) is 0 Å². The summed E-state index contributed by atoms with van der Waals surface area (Å²) >= 11 is 0. The van der Waals surface area contributed by atoms with Gasteiger partial charge >= 0.3 is 0 Å². The topological polar surface area (TPSA) is 45.2 Å². The quantitative estimate of drug-likeness (QED) is 0.923. The van der Waals surface area contributed by atoms with Crippen LogP contribution in [0.5, 0.6) is 17.2 Å². The van der Waals surface area contributed by atoms with E-state index >= 15 is 0 Å². The highest BCUT2D eigenvalue weighted by molar-refractivity contribution is 5.52. The van der Waals surface area contributed by atoms with Gasteiger partial charge in [0.15, 0.2) is 11.5 Å². The van der Waals surface area contributed by atoms with Crippen molar-refractivity contribution in [2.24, 2.45) is 0 Å². The number of aromatic hydroxyl groups is 1. The van der Waals surface area contributed by atoms with E-state index in [1.807, 2.05) is 12.1 Å². The maximum absolute atomic E-state index is 10.0. The maximum atomic E-state index is 10.0. The molecule has 1 aromatic rings. The lowest BCUT2D eigenvalue weighted by Crippen LogP contribution is -2.55. The Morgan fingerprint density at radius 2 is 1.82 bits per heavy atom. The molecule has 0 saturated carbocycles. The molecule has 1 aromatic carbocycles. The zero-order valence-electron chi connectivity index (χ0n) is 13.7. The van der Waals surface area contributed by atoms with Crippen LogP contribution in [0, 0.1) is 0 Å². The minimum atomic E-state index is 0.0717. The van der Waals surface area contributed by atoms with Gasteiger partial charge in [-0.25, -0.2) is 0 Å². The summed E-state index contributed by atoms with van der Waals surface area (Å²) in [4.78, 5) is 5.15. The fraction of sp³-hybridized carbons (Fsp3) is 0.647. The van der Waals surface area contributed by atoms with Crippen LogP contribution in [0.4, 0.5) is 0 Å². The van der Waals surface area contributed by atoms with E-state index < -0.39 is 0 Å². The first-order valence-corrected chi connectivity index (χ1v) is 8.06. The van der Waals surface area contributed by atoms with Gasteiger partial charge in [-0.3, -0.25) is 9.80 Å². The Morgan fingerprint density at radius 1 is 1.14 bits per heavy atom. The minimum Gasteiger partial charge on any atom is -0.502 e. The molecule has 22 heavy (non-hydrogen) atoms. The summed E-state index contributed by atoms with van der Waals surface area (Å²) in [6.45, 7) is 6.68. The number of phenols is 1. The van der Waals surface area contributed by atoms with E-state index in [-0.39, 0.29) is 5.75 Å². The average Bonchev–Trinajstić information content (AvgIpc) is 3.01. The van der Waals surface area contributed by atoms with Gasteiger partial charge in [0.25, 0.3) is 0 Å². The molecule has 0 bridgehead atoms. The van der Waals surface area contributed by atoms with Gasteiger partial charge in [0.05, 0.1) is 14.2 Å². The van der Waals surface area contributed by atoms with Crippen LogP contribution in [0.1, 0.15) is 25.3 Å². The zero-order valence-corrected chi connectivity index (χ0v) is 13.7. The largest absolute Gasteiger partial charge is 0.502 e. The number of rotatable bonds is 4. The molecule has 5 nitrogen and oxygen atoms in total. The molecule has 3 rings (SSSR count). The van der Waals surface area contributed by atoms with Crippen molar-refractivity contribution in [2.45, 2.75) is 38.4 Å². The van der Waals surface area contributed by atoms with Crippen molar-refractivity contribution < 1.29 is 14.6 Å². The standard InChI is InChI=1S/C17H26N2O3/c1-12-14-5-4-6-18(14)7-8-19(12)11-13-9-15(21-2)17(20)16(10-13)22-3/h9-10,12,14,20H,4-8,11H2,1-3H3. The van der Waals surface area contributed by atoms with Gasteiger partial charge in [-0.05, 0) is 44.0 Å². The number of hydrogen-bond acceptors (Lipinski definition) is 5. The Bertz CT molecular complexity index is 510. The number of phenolic OH excluding ortho intramolecular Hbond substituents is 1. The van der Waals surface area contributed by atoms with Crippen LogP contribution in [0.15, 0.2) is 12.1 Å². The van der Waals surface area contributed by atoms with Gasteiger partial charge in [-0.2, -0.15) is 0 Å². The number of nitrogens with zero attached hydrogens (tertiary/aromatic N) is 2. The molecule has 122 valence electrons. The lowest BCUT2D eigenvalue weighted by Gasteiger charge is -2.43. The Labute approximate surface area is 132 Å². The first kappa shape index (κ1) is 15.4. The zero-order chi connectivity index (χ0) is 15.7. The van der Waals surface area contributed by atoms with Crippen molar-refractivity contribution in [3.05, 3.63) is 17.7 Å². The van der Waals surface area contributed by atoms with E-state index in [0.717, 1.165) is 25.2 Å². The monoisotopic (exact) mass is 306 g/mol. The molecule has 2 aliphatic heterocycles. The molecular formula is C17H26N2O3. The normalized spacial score (nSPS) is 26.0. The van der Waals surface area contributed by atoms with Gasteiger partial charge in [0.2, 0.25) is 5.75 Å². The van der Waals surface area contributed by atoms with E-state index in [4.69, 9.17) is 9.47 Å². The van der Waals surface area contributed by atoms with Gasteiger partial charge in [-0.1, -0.05) is 0 Å². The van der Waals surface area contributed by atoms with E-state index in [0.29, 0.717) is 23.6 Å². The predicted molar refractivity (Wildman–Crippen MR) is 85.7 cm³/mol. The van der Waals surface area contributed by atoms with E-state index in [1.165, 1.54) is 19.4 Å². The number of piperazine rings is 1. The van der Waals surface area contributed by atoms with Crippen LogP contribution < -0.4 is 9.47 Å². The SMILES string of the molecule is COc1cc(CN2CCN3CCCC3C2C)cc(OC)c1O. The second-order valence-corrected chi connectivity index (χ2v) is 6.31. The molecule has 1 N–H and O–H groups in total. The van der Waals surface area contributed by atoms with Crippen molar-refractivity contribution >= 4 is 0 Å². The lowest BCUT2D eigenvalue weighted by atomic mass is 10.0. The highest BCUT2D eigenvalue weighted by Crippen LogP contribution is 2.38. The van der Waals surface area contributed by atoms with Crippen LogP contribution in [0.25, 0.3) is 0 Å². The van der Waals surface area contributed by atoms with Crippen LogP contribution in [-0.2, 0) is 6.54 Å². The van der Waals surface area contributed by atoms with Crippen LogP contribution >= 0.6 is 0 Å². The Hall–Kier alpha value is -1.46. The third kappa shape index (κ3) is 2.75. The summed E-state index contributed by atoms with van der Waals surface area (Å²) in [6, 6.07) is 5.06. The van der Waals surface area contributed by atoms with Crippen molar-refractivity contribution in [1.29, 1.82) is 0 Å². The maximum Gasteiger partial charge on any atom is 0.200 e. The molecule has 0 aromatic heterocycles. The molecule has 2 atom stereocenters. The molecule has 5 heteroatoms. The predicted octanol–water partition coefficient (Wildman–Crippen LogP) is 2.08. The molecule has 2 heterocycles. The fourth-order valence-electron chi connectivity index (χ4n) is 3.88. The average molecular weight is 306 g/mol. The number of ether oxygens (including phenoxy) is 2. The molecule has 2 aliphatic rings. The fourth-order valence-corrected chi connectivity index (χ4v) is 3.88. The minimum absolute atomic E-state index is 0.0717. The van der Waals surface area contributed by atoms with Crippen LogP contribution in [0.2, 0.25) is 0 Å². The number of fused-ring (bicyclic) bond motifs is 1. The summed E-state index contributed by atoms with van der Waals surface area (Å²) in [5.41, 5.74) is 1.12. The first-order valence-electron chi connectivity index (χ1n) is 8.06. The van der Waals surface area contributed by atoms with Gasteiger partial charge < -0.3 is 14.6 Å². The Balaban J connectivity index is 1.78. The third-order valence-electron chi connectivity index (χ3n) is 5.15. The van der Waals surface area contributed by atoms with Gasteiger partial charge in [-0.15, -0.1) is 0 Å². The second kappa shape index (κ2) is 6.34. The number of benzene rings is 1. The van der Waals surface area contributed by atoms with Crippen molar-refractivity contribution in [3.8, 4) is 17.2 Å². The number of methoxy groups -OCH3 is 2. The van der Waals surface area contributed by atoms with E-state index in [1.54, 1.807) is 14.2 Å². The molecule has 2 fully saturated rings. The van der Waals surface area contributed by atoms with E-state index in [9.17, 15) is 5.11 Å². The molecule has 2 saturated heterocycles. The van der Waals surface area contributed by atoms with Gasteiger partial charge in [0.1, 0.15) is 0 Å². The van der Waals surface area contributed by atoms with Gasteiger partial charge in [0, 0.05) is 31.7 Å². The highest BCUT2D eigenvalue weighted by atomic mass is 16.5. The second-order valence-electron chi connectivity index (χ2n) is 6.31. The smallest absolute Gasteiger partial charge is 0.200 e. The molecule has 0 spiro atoms. The van der Waals surface area contributed by atoms with Crippen molar-refractivity contribution in [2.75, 3.05) is 33.9 Å². The highest BCUT2D eigenvalue weighted by Gasteiger charge is 2.36. The van der Waals surface area contributed by atoms with E-state index in [2.05, 4.69) is 16.7 Å². The van der Waals surface area contributed by atoms with Crippen LogP contribution in [-0.4, -0.2) is 60.8 Å². The molecule has 0 radical (unpaired) electrons. The summed E-state index contributed by atoms with van der Waals surface area (Å²) in [6.07, 6.45) is 2.63. The lowest BCUT2D eigenvalue weighted by molar-refractivity contribution is 0.0469. The molecule has 0 aliphatic carbocycles. The first-order chi connectivity index (χ1) is 10.6. The molecule has 2 unspecified atom stereocenters. The van der Waals surface area contributed by atoms with Crippen molar-refractivity contribution in [3.63, 3.8) is 0 Å². The summed E-state index contributed by atoms with van der Waals surface area (Å²) in [5, 5.41) is 10.0. The summed E-state index contributed by atoms with van der Waals surface area (Å²) < 4.78 is 10.5. The summed E-state index contributed by atoms with van der Waals surface area (Å²) in [5.74, 6) is 1.02. The Morgan fingerprint density at radius 3 is 2.45 bits per heavy atom. The molecular weight excluding hydrogens is 280 g/mol. The third-order valence-corrected chi connectivity index (χ3v) is 5.15. The molecule has 0 amide bonds. The summed E-state index contributed by atoms with van der Waals surface area (Å²) in [7, 11) is 3.14. The Kier molecular flexibility index (Phi) is 4.45. The van der Waals surface area contributed by atoms with Crippen molar-refractivity contribution in [1.82, 2.24) is 9.80 Å².